The number of likely N-dealkylation sites (N-methyl/N-ethyl adjacent to an activating group) is 1. The van der Waals surface area contributed by atoms with Crippen molar-refractivity contribution < 1.29 is 9.59 Å². The second kappa shape index (κ2) is 8.47. The summed E-state index contributed by atoms with van der Waals surface area (Å²) in [7, 11) is 1.88. The Labute approximate surface area is 146 Å². The SMILES string of the molecule is CC(=O)Nc1ccc(NC(=O)CN(C)Cc2cccc(Cl)c2)cc1. The highest BCUT2D eigenvalue weighted by molar-refractivity contribution is 6.30. The van der Waals surface area contributed by atoms with E-state index in [4.69, 9.17) is 11.6 Å². The molecule has 0 atom stereocenters. The van der Waals surface area contributed by atoms with Crippen molar-refractivity contribution in [3.05, 3.63) is 59.1 Å². The highest BCUT2D eigenvalue weighted by atomic mass is 35.5. The van der Waals surface area contributed by atoms with Gasteiger partial charge in [0.05, 0.1) is 6.54 Å². The van der Waals surface area contributed by atoms with Gasteiger partial charge in [-0.15, -0.1) is 0 Å². The normalized spacial score (nSPS) is 10.5. The van der Waals surface area contributed by atoms with Crippen LogP contribution in [0.3, 0.4) is 0 Å². The Morgan fingerprint density at radius 2 is 1.67 bits per heavy atom. The first-order valence-corrected chi connectivity index (χ1v) is 7.90. The van der Waals surface area contributed by atoms with Crippen molar-refractivity contribution in [3.8, 4) is 0 Å². The lowest BCUT2D eigenvalue weighted by Crippen LogP contribution is -2.29. The molecule has 0 unspecified atom stereocenters. The summed E-state index contributed by atoms with van der Waals surface area (Å²) in [4.78, 5) is 25.0. The zero-order chi connectivity index (χ0) is 17.5. The third-order valence-electron chi connectivity index (χ3n) is 3.24. The van der Waals surface area contributed by atoms with Crippen LogP contribution in [-0.4, -0.2) is 30.3 Å². The van der Waals surface area contributed by atoms with Crippen molar-refractivity contribution in [2.24, 2.45) is 0 Å². The van der Waals surface area contributed by atoms with Gasteiger partial charge in [-0.2, -0.15) is 0 Å². The molecule has 5 nitrogen and oxygen atoms in total. The standard InChI is InChI=1S/C18H20ClN3O2/c1-13(23)20-16-6-8-17(9-7-16)21-18(24)12-22(2)11-14-4-3-5-15(19)10-14/h3-10H,11-12H2,1-2H3,(H,20,23)(H,21,24). The van der Waals surface area contributed by atoms with E-state index in [1.807, 2.05) is 36.2 Å². The molecule has 0 aliphatic rings. The van der Waals surface area contributed by atoms with Crippen LogP contribution in [0.5, 0.6) is 0 Å². The minimum absolute atomic E-state index is 0.105. The second-order valence-corrected chi connectivity index (χ2v) is 6.05. The van der Waals surface area contributed by atoms with E-state index in [1.165, 1.54) is 6.92 Å². The predicted octanol–water partition coefficient (Wildman–Crippen LogP) is 3.37. The molecule has 0 bridgehead atoms. The van der Waals surface area contributed by atoms with Crippen LogP contribution >= 0.6 is 11.6 Å². The second-order valence-electron chi connectivity index (χ2n) is 5.61. The summed E-state index contributed by atoms with van der Waals surface area (Å²) < 4.78 is 0. The number of rotatable bonds is 6. The molecule has 0 aromatic heterocycles. The van der Waals surface area contributed by atoms with Gasteiger partial charge in [-0.25, -0.2) is 0 Å². The highest BCUT2D eigenvalue weighted by Gasteiger charge is 2.08. The first-order chi connectivity index (χ1) is 11.4. The molecule has 2 N–H and O–H groups in total. The van der Waals surface area contributed by atoms with Crippen LogP contribution in [0.15, 0.2) is 48.5 Å². The fourth-order valence-corrected chi connectivity index (χ4v) is 2.50. The maximum absolute atomic E-state index is 12.1. The first kappa shape index (κ1) is 18.0. The van der Waals surface area contributed by atoms with Gasteiger partial charge in [0.25, 0.3) is 0 Å². The maximum Gasteiger partial charge on any atom is 0.238 e. The molecule has 2 rings (SSSR count). The van der Waals surface area contributed by atoms with Crippen LogP contribution in [-0.2, 0) is 16.1 Å². The molecule has 0 spiro atoms. The molecule has 0 radical (unpaired) electrons. The van der Waals surface area contributed by atoms with Gasteiger partial charge in [0.2, 0.25) is 11.8 Å². The quantitative estimate of drug-likeness (QED) is 0.843. The van der Waals surface area contributed by atoms with E-state index < -0.39 is 0 Å². The number of halogens is 1. The van der Waals surface area contributed by atoms with Crippen molar-refractivity contribution in [3.63, 3.8) is 0 Å². The molecule has 0 heterocycles. The number of nitrogens with one attached hydrogen (secondary N) is 2. The third-order valence-corrected chi connectivity index (χ3v) is 3.48. The molecule has 0 saturated carbocycles. The van der Waals surface area contributed by atoms with Gasteiger partial charge < -0.3 is 10.6 Å². The summed E-state index contributed by atoms with van der Waals surface area (Å²) in [5, 5.41) is 6.19. The average Bonchev–Trinajstić information content (AvgIpc) is 2.48. The molecule has 2 amide bonds. The average molecular weight is 346 g/mol. The van der Waals surface area contributed by atoms with E-state index in [1.54, 1.807) is 24.3 Å². The summed E-state index contributed by atoms with van der Waals surface area (Å²) in [5.74, 6) is -0.235. The van der Waals surface area contributed by atoms with E-state index in [0.29, 0.717) is 22.9 Å². The van der Waals surface area contributed by atoms with Crippen LogP contribution in [0.4, 0.5) is 11.4 Å². The van der Waals surface area contributed by atoms with Crippen molar-refractivity contribution in [2.45, 2.75) is 13.5 Å². The van der Waals surface area contributed by atoms with Gasteiger partial charge in [-0.1, -0.05) is 23.7 Å². The fourth-order valence-electron chi connectivity index (χ4n) is 2.29. The monoisotopic (exact) mass is 345 g/mol. The van der Waals surface area contributed by atoms with Crippen molar-refractivity contribution in [1.82, 2.24) is 4.90 Å². The van der Waals surface area contributed by atoms with Crippen molar-refractivity contribution in [2.75, 3.05) is 24.2 Å². The van der Waals surface area contributed by atoms with Gasteiger partial charge in [0.15, 0.2) is 0 Å². The molecule has 0 fully saturated rings. The molecule has 126 valence electrons. The van der Waals surface area contributed by atoms with E-state index in [9.17, 15) is 9.59 Å². The largest absolute Gasteiger partial charge is 0.326 e. The number of anilines is 2. The van der Waals surface area contributed by atoms with Gasteiger partial charge in [-0.3, -0.25) is 14.5 Å². The smallest absolute Gasteiger partial charge is 0.238 e. The zero-order valence-corrected chi connectivity index (χ0v) is 14.4. The zero-order valence-electron chi connectivity index (χ0n) is 13.7. The van der Waals surface area contributed by atoms with Gasteiger partial charge in [-0.05, 0) is 49.0 Å². The molecular formula is C18H20ClN3O2. The number of carbonyl (C=O) groups is 2. The molecule has 0 aliphatic carbocycles. The van der Waals surface area contributed by atoms with Crippen LogP contribution in [0.25, 0.3) is 0 Å². The Morgan fingerprint density at radius 3 is 2.25 bits per heavy atom. The molecular weight excluding hydrogens is 326 g/mol. The number of nitrogens with zero attached hydrogens (tertiary/aromatic N) is 1. The number of hydrogen-bond acceptors (Lipinski definition) is 3. The highest BCUT2D eigenvalue weighted by Crippen LogP contribution is 2.14. The van der Waals surface area contributed by atoms with Gasteiger partial charge in [0, 0.05) is 29.9 Å². The van der Waals surface area contributed by atoms with E-state index >= 15 is 0 Å². The lowest BCUT2D eigenvalue weighted by atomic mass is 10.2. The topological polar surface area (TPSA) is 61.4 Å². The summed E-state index contributed by atoms with van der Waals surface area (Å²) in [6.07, 6.45) is 0. The van der Waals surface area contributed by atoms with Crippen LogP contribution < -0.4 is 10.6 Å². The fraction of sp³-hybridized carbons (Fsp3) is 0.222. The molecule has 2 aromatic carbocycles. The Kier molecular flexibility index (Phi) is 6.35. The third kappa shape index (κ3) is 6.02. The van der Waals surface area contributed by atoms with Crippen molar-refractivity contribution >= 4 is 34.8 Å². The van der Waals surface area contributed by atoms with E-state index in [2.05, 4.69) is 10.6 Å². The predicted molar refractivity (Wildman–Crippen MR) is 97.2 cm³/mol. The molecule has 6 heteroatoms. The first-order valence-electron chi connectivity index (χ1n) is 7.53. The Balaban J connectivity index is 1.84. The minimum atomic E-state index is -0.130. The summed E-state index contributed by atoms with van der Waals surface area (Å²) in [6.45, 7) is 2.35. The molecule has 0 aliphatic heterocycles. The van der Waals surface area contributed by atoms with Crippen LogP contribution in [0.1, 0.15) is 12.5 Å². The Bertz CT molecular complexity index is 716. The molecule has 24 heavy (non-hydrogen) atoms. The van der Waals surface area contributed by atoms with E-state index in [-0.39, 0.29) is 18.4 Å². The van der Waals surface area contributed by atoms with Crippen molar-refractivity contribution in [1.29, 1.82) is 0 Å². The number of hydrogen-bond donors (Lipinski definition) is 2. The molecule has 0 saturated heterocycles. The van der Waals surface area contributed by atoms with E-state index in [0.717, 1.165) is 5.56 Å². The number of amides is 2. The lowest BCUT2D eigenvalue weighted by Gasteiger charge is -2.16. The van der Waals surface area contributed by atoms with Gasteiger partial charge in [0.1, 0.15) is 0 Å². The van der Waals surface area contributed by atoms with Crippen LogP contribution in [0.2, 0.25) is 5.02 Å². The Hall–Kier alpha value is -2.37. The lowest BCUT2D eigenvalue weighted by molar-refractivity contribution is -0.117. The summed E-state index contributed by atoms with van der Waals surface area (Å²) in [6, 6.07) is 14.6. The summed E-state index contributed by atoms with van der Waals surface area (Å²) >= 11 is 5.96. The number of carbonyl (C=O) groups excluding carboxylic acids is 2. The summed E-state index contributed by atoms with van der Waals surface area (Å²) in [5.41, 5.74) is 2.43. The number of benzene rings is 2. The maximum atomic E-state index is 12.1. The van der Waals surface area contributed by atoms with Crippen LogP contribution in [0, 0.1) is 0 Å². The minimum Gasteiger partial charge on any atom is -0.326 e. The molecule has 2 aromatic rings. The Morgan fingerprint density at radius 1 is 1.04 bits per heavy atom. The van der Waals surface area contributed by atoms with Gasteiger partial charge >= 0.3 is 0 Å².